The highest BCUT2D eigenvalue weighted by Gasteiger charge is 2.37. The molecule has 5 rings (SSSR count). The zero-order chi connectivity index (χ0) is 26.9. The predicted octanol–water partition coefficient (Wildman–Crippen LogP) is 4.12. The smallest absolute Gasteiger partial charge is 0.250 e. The van der Waals surface area contributed by atoms with Crippen LogP contribution in [0.1, 0.15) is 45.4 Å². The van der Waals surface area contributed by atoms with Gasteiger partial charge in [-0.25, -0.2) is 8.42 Å². The van der Waals surface area contributed by atoms with Crippen LogP contribution >= 0.6 is 34.3 Å². The van der Waals surface area contributed by atoms with Crippen molar-refractivity contribution in [3.05, 3.63) is 28.6 Å². The van der Waals surface area contributed by atoms with Crippen LogP contribution in [-0.4, -0.2) is 86.3 Å². The molecule has 0 bridgehead atoms. The Hall–Kier alpha value is -1.50. The molecular weight excluding hydrogens is 564 g/mol. The van der Waals surface area contributed by atoms with E-state index in [-0.39, 0.29) is 28.6 Å². The fourth-order valence-corrected chi connectivity index (χ4v) is 9.33. The van der Waals surface area contributed by atoms with Crippen molar-refractivity contribution < 1.29 is 18.0 Å². The minimum Gasteiger partial charge on any atom is -0.337 e. The lowest BCUT2D eigenvalue weighted by atomic mass is 9.98. The summed E-state index contributed by atoms with van der Waals surface area (Å²) in [4.78, 5) is 34.2. The topological polar surface area (TPSA) is 90.0 Å². The van der Waals surface area contributed by atoms with Crippen LogP contribution < -0.4 is 4.72 Å². The van der Waals surface area contributed by atoms with Crippen LogP contribution in [0.15, 0.2) is 28.5 Å². The number of sulfonamides is 1. The molecule has 3 aliphatic heterocycles. The molecular formula is C26H35ClN4O4S3. The number of thiophene rings is 2. The lowest BCUT2D eigenvalue weighted by Crippen LogP contribution is -2.55. The molecule has 3 aliphatic rings. The minimum absolute atomic E-state index is 0.00683. The molecule has 5 heterocycles. The van der Waals surface area contributed by atoms with E-state index in [1.807, 2.05) is 11.0 Å². The normalized spacial score (nSPS) is 23.9. The van der Waals surface area contributed by atoms with E-state index in [1.165, 1.54) is 29.1 Å². The van der Waals surface area contributed by atoms with Crippen molar-refractivity contribution in [2.45, 2.75) is 61.7 Å². The Morgan fingerprint density at radius 2 is 1.71 bits per heavy atom. The van der Waals surface area contributed by atoms with Gasteiger partial charge in [0.1, 0.15) is 10.3 Å². The molecule has 2 amide bonds. The number of carbonyl (C=O) groups is 2. The number of nitrogens with one attached hydrogen (secondary N) is 1. The van der Waals surface area contributed by atoms with E-state index >= 15 is 0 Å². The van der Waals surface area contributed by atoms with Crippen LogP contribution in [0, 0.1) is 5.92 Å². The summed E-state index contributed by atoms with van der Waals surface area (Å²) in [5.41, 5.74) is 0. The van der Waals surface area contributed by atoms with Gasteiger partial charge in [-0.1, -0.05) is 18.5 Å². The van der Waals surface area contributed by atoms with Crippen LogP contribution in [0.2, 0.25) is 4.34 Å². The Kier molecular flexibility index (Phi) is 8.81. The van der Waals surface area contributed by atoms with Gasteiger partial charge in [0.05, 0.1) is 10.9 Å². The van der Waals surface area contributed by atoms with Crippen LogP contribution in [0.3, 0.4) is 0 Å². The third-order valence-corrected chi connectivity index (χ3v) is 12.3. The van der Waals surface area contributed by atoms with E-state index in [1.54, 1.807) is 18.2 Å². The summed E-state index contributed by atoms with van der Waals surface area (Å²) in [6.07, 6.45) is 5.45. The van der Waals surface area contributed by atoms with Gasteiger partial charge in [-0.3, -0.25) is 9.59 Å². The summed E-state index contributed by atoms with van der Waals surface area (Å²) < 4.78 is 29.6. The van der Waals surface area contributed by atoms with E-state index < -0.39 is 16.1 Å². The summed E-state index contributed by atoms with van der Waals surface area (Å²) >= 11 is 8.56. The Morgan fingerprint density at radius 3 is 2.45 bits per heavy atom. The molecule has 3 fully saturated rings. The Bertz CT molecular complexity index is 1250. The number of halogens is 1. The van der Waals surface area contributed by atoms with Crippen molar-refractivity contribution in [2.24, 2.45) is 5.92 Å². The highest BCUT2D eigenvalue weighted by Crippen LogP contribution is 2.37. The van der Waals surface area contributed by atoms with Crippen LogP contribution in [-0.2, 0) is 19.6 Å². The first-order valence-electron chi connectivity index (χ1n) is 13.4. The second-order valence-electron chi connectivity index (χ2n) is 10.7. The Morgan fingerprint density at radius 1 is 1.00 bits per heavy atom. The first kappa shape index (κ1) is 28.0. The average Bonchev–Trinajstić information content (AvgIpc) is 3.64. The summed E-state index contributed by atoms with van der Waals surface area (Å²) in [5, 5.41) is 0. The van der Waals surface area contributed by atoms with E-state index in [2.05, 4.69) is 16.5 Å². The van der Waals surface area contributed by atoms with Crippen molar-refractivity contribution in [3.63, 3.8) is 0 Å². The van der Waals surface area contributed by atoms with Crippen LogP contribution in [0.25, 0.3) is 9.75 Å². The number of rotatable bonds is 8. The van der Waals surface area contributed by atoms with Crippen LogP contribution in [0.4, 0.5) is 0 Å². The first-order chi connectivity index (χ1) is 18.2. The maximum Gasteiger partial charge on any atom is 0.250 e. The van der Waals surface area contributed by atoms with E-state index in [0.29, 0.717) is 23.7 Å². The van der Waals surface area contributed by atoms with Gasteiger partial charge in [-0.05, 0) is 81.8 Å². The standard InChI is InChI=1S/C26H35ClN4O4S3/c1-18-10-14-29(15-11-18)16-19-4-2-13-31(19)24(32)17-30-12-3-5-20(26(30)33)28-38(34,35)25-9-7-22(37-25)21-6-8-23(27)36-21/h6-9,18-20,28H,2-5,10-17H2,1H3/t19-,20-/m0/s1. The van der Waals surface area contributed by atoms with Crippen molar-refractivity contribution in [2.75, 3.05) is 39.3 Å². The van der Waals surface area contributed by atoms with Gasteiger partial charge < -0.3 is 14.7 Å². The molecule has 0 radical (unpaired) electrons. The molecule has 38 heavy (non-hydrogen) atoms. The number of nitrogens with zero attached hydrogens (tertiary/aromatic N) is 3. The molecule has 0 spiro atoms. The summed E-state index contributed by atoms with van der Waals surface area (Å²) in [7, 11) is -3.88. The zero-order valence-corrected chi connectivity index (χ0v) is 24.8. The molecule has 12 heteroatoms. The van der Waals surface area contributed by atoms with Crippen molar-refractivity contribution >= 4 is 56.1 Å². The number of hydrogen-bond donors (Lipinski definition) is 1. The molecule has 2 atom stereocenters. The van der Waals surface area contributed by atoms with Crippen molar-refractivity contribution in [3.8, 4) is 9.75 Å². The Balaban J connectivity index is 1.18. The van der Waals surface area contributed by atoms with E-state index in [9.17, 15) is 18.0 Å². The number of hydrogen-bond acceptors (Lipinski definition) is 7. The Labute approximate surface area is 238 Å². The third-order valence-electron chi connectivity index (χ3n) is 7.86. The molecule has 0 aromatic carbocycles. The largest absolute Gasteiger partial charge is 0.337 e. The maximum absolute atomic E-state index is 13.3. The lowest BCUT2D eigenvalue weighted by Gasteiger charge is -2.36. The number of piperidine rings is 2. The highest BCUT2D eigenvalue weighted by molar-refractivity contribution is 7.91. The molecule has 2 aromatic rings. The summed E-state index contributed by atoms with van der Waals surface area (Å²) in [5.74, 6) is 0.410. The van der Waals surface area contributed by atoms with Gasteiger partial charge in [0, 0.05) is 35.4 Å². The third kappa shape index (κ3) is 6.45. The molecule has 8 nitrogen and oxygen atoms in total. The fourth-order valence-electron chi connectivity index (χ4n) is 5.65. The molecule has 2 aromatic heterocycles. The number of likely N-dealkylation sites (tertiary alicyclic amines) is 3. The SMILES string of the molecule is CC1CCN(C[C@@H]2CCCN2C(=O)CN2CCC[C@H](NS(=O)(=O)c3ccc(-c4ccc(Cl)s4)s3)C2=O)CC1. The highest BCUT2D eigenvalue weighted by atomic mass is 35.5. The minimum atomic E-state index is -3.88. The fraction of sp³-hybridized carbons (Fsp3) is 0.615. The average molecular weight is 599 g/mol. The van der Waals surface area contributed by atoms with Gasteiger partial charge in [0.15, 0.2) is 0 Å². The predicted molar refractivity (Wildman–Crippen MR) is 152 cm³/mol. The molecule has 0 aliphatic carbocycles. The van der Waals surface area contributed by atoms with Gasteiger partial charge in [0.2, 0.25) is 11.8 Å². The van der Waals surface area contributed by atoms with Crippen LogP contribution in [0.5, 0.6) is 0 Å². The van der Waals surface area contributed by atoms with Gasteiger partial charge in [-0.15, -0.1) is 22.7 Å². The van der Waals surface area contributed by atoms with Gasteiger partial charge in [0.25, 0.3) is 10.0 Å². The second-order valence-corrected chi connectivity index (χ2v) is 15.4. The summed E-state index contributed by atoms with van der Waals surface area (Å²) in [6.45, 7) is 6.56. The quantitative estimate of drug-likeness (QED) is 0.494. The summed E-state index contributed by atoms with van der Waals surface area (Å²) in [6, 6.07) is 6.28. The lowest BCUT2D eigenvalue weighted by molar-refractivity contribution is -0.143. The number of carbonyl (C=O) groups excluding carboxylic acids is 2. The molecule has 208 valence electrons. The van der Waals surface area contributed by atoms with E-state index in [0.717, 1.165) is 66.0 Å². The molecule has 0 unspecified atom stereocenters. The molecule has 1 N–H and O–H groups in total. The maximum atomic E-state index is 13.3. The van der Waals surface area contributed by atoms with Gasteiger partial charge in [-0.2, -0.15) is 4.72 Å². The zero-order valence-electron chi connectivity index (χ0n) is 21.6. The molecule has 0 saturated carbocycles. The van der Waals surface area contributed by atoms with E-state index in [4.69, 9.17) is 11.6 Å². The first-order valence-corrected chi connectivity index (χ1v) is 16.9. The monoisotopic (exact) mass is 598 g/mol. The second kappa shape index (κ2) is 11.9. The molecule has 3 saturated heterocycles. The number of amides is 2. The van der Waals surface area contributed by atoms with Crippen molar-refractivity contribution in [1.82, 2.24) is 19.4 Å². The van der Waals surface area contributed by atoms with Crippen molar-refractivity contribution in [1.29, 1.82) is 0 Å². The van der Waals surface area contributed by atoms with Gasteiger partial charge >= 0.3 is 0 Å².